The van der Waals surface area contributed by atoms with Crippen LogP contribution in [0, 0.1) is 0 Å². The first kappa shape index (κ1) is 24.6. The number of nitrogens with zero attached hydrogens (tertiary/aromatic N) is 2. The van der Waals surface area contributed by atoms with Crippen LogP contribution < -0.4 is 5.30 Å². The molecule has 0 fully saturated rings. The van der Waals surface area contributed by atoms with Crippen molar-refractivity contribution in [3.8, 4) is 0 Å². The van der Waals surface area contributed by atoms with E-state index in [9.17, 15) is 13.0 Å². The summed E-state index contributed by atoms with van der Waals surface area (Å²) in [7, 11) is -6.15. The molecule has 7 heteroatoms. The van der Waals surface area contributed by atoms with Gasteiger partial charge in [0.2, 0.25) is 0 Å². The van der Waals surface area contributed by atoms with Crippen LogP contribution in [0.2, 0.25) is 0 Å². The van der Waals surface area contributed by atoms with Crippen LogP contribution in [0.25, 0.3) is 11.0 Å². The molecule has 0 saturated heterocycles. The highest BCUT2D eigenvalue weighted by Gasteiger charge is 2.33. The predicted octanol–water partition coefficient (Wildman–Crippen LogP) is 5.10. The molecule has 0 saturated carbocycles. The fraction of sp³-hybridized carbons (Fsp3) is 0.440. The lowest BCUT2D eigenvalue weighted by atomic mass is 9.77. The molecule has 0 aliphatic rings. The van der Waals surface area contributed by atoms with Crippen molar-refractivity contribution < 1.29 is 13.0 Å². The van der Waals surface area contributed by atoms with Gasteiger partial charge in [0.25, 0.3) is 0 Å². The van der Waals surface area contributed by atoms with Gasteiger partial charge in [0, 0.05) is 24.0 Å². The molecule has 5 nitrogen and oxygen atoms in total. The van der Waals surface area contributed by atoms with Crippen LogP contribution >= 0.6 is 7.14 Å². The normalized spacial score (nSPS) is 13.5. The standard InChI is InChI=1S/C25H33N2O3PS/c1-24(2,3)18-11-9-10-17(22(18)31(6,7)28)16-25(4,5)19-12-13-20-21(27-15-14-26-20)23(19)32(8,29)30/h9-15H,16H2,1-8H3. The van der Waals surface area contributed by atoms with Crippen LogP contribution in [-0.2, 0) is 31.7 Å². The molecule has 3 rings (SSSR count). The smallest absolute Gasteiger partial charge is 0.178 e. The first-order chi connectivity index (χ1) is 14.5. The van der Waals surface area contributed by atoms with Gasteiger partial charge in [-0.1, -0.05) is 58.9 Å². The van der Waals surface area contributed by atoms with Gasteiger partial charge in [-0.05, 0) is 53.3 Å². The predicted molar refractivity (Wildman–Crippen MR) is 134 cm³/mol. The van der Waals surface area contributed by atoms with Crippen molar-refractivity contribution in [2.45, 2.75) is 56.8 Å². The number of rotatable bonds is 5. The van der Waals surface area contributed by atoms with Crippen LogP contribution in [-0.4, -0.2) is 38.0 Å². The van der Waals surface area contributed by atoms with E-state index in [0.717, 1.165) is 16.4 Å². The molecule has 0 bridgehead atoms. The minimum atomic E-state index is -3.56. The van der Waals surface area contributed by atoms with Crippen molar-refractivity contribution in [2.24, 2.45) is 0 Å². The Morgan fingerprint density at radius 2 is 1.53 bits per heavy atom. The maximum atomic E-state index is 13.4. The summed E-state index contributed by atoms with van der Waals surface area (Å²) in [5.74, 6) is 0. The average Bonchev–Trinajstić information content (AvgIpc) is 2.64. The molecule has 0 radical (unpaired) electrons. The van der Waals surface area contributed by atoms with Crippen LogP contribution in [0.15, 0.2) is 47.6 Å². The second-order valence-electron chi connectivity index (χ2n) is 10.6. The van der Waals surface area contributed by atoms with Crippen LogP contribution in [0.4, 0.5) is 0 Å². The Hall–Kier alpha value is -2.04. The first-order valence-electron chi connectivity index (χ1n) is 10.7. The Kier molecular flexibility index (Phi) is 6.21. The molecule has 0 spiro atoms. The molecule has 0 aliphatic heterocycles. The Morgan fingerprint density at radius 3 is 2.09 bits per heavy atom. The maximum absolute atomic E-state index is 13.4. The molecule has 0 amide bonds. The SMILES string of the molecule is CC(C)(C)c1cccc(CC(C)(C)c2ccc3nccnc3c2S(C)(=O)=O)c1P(C)(C)=O. The molecule has 1 heterocycles. The third-order valence-electron chi connectivity index (χ3n) is 5.79. The lowest BCUT2D eigenvalue weighted by molar-refractivity contribution is 0.509. The summed E-state index contributed by atoms with van der Waals surface area (Å²) in [4.78, 5) is 8.85. The van der Waals surface area contributed by atoms with Gasteiger partial charge < -0.3 is 4.57 Å². The van der Waals surface area contributed by atoms with Gasteiger partial charge >= 0.3 is 0 Å². The highest BCUT2D eigenvalue weighted by molar-refractivity contribution is 7.91. The molecule has 0 atom stereocenters. The molecule has 0 N–H and O–H groups in total. The van der Waals surface area contributed by atoms with Crippen molar-refractivity contribution in [2.75, 3.05) is 19.6 Å². The van der Waals surface area contributed by atoms with Crippen molar-refractivity contribution in [1.29, 1.82) is 0 Å². The Balaban J connectivity index is 2.27. The van der Waals surface area contributed by atoms with Crippen LogP contribution in [0.5, 0.6) is 0 Å². The number of sulfone groups is 1. The topological polar surface area (TPSA) is 77.0 Å². The van der Waals surface area contributed by atoms with Gasteiger partial charge in [-0.3, -0.25) is 9.97 Å². The Morgan fingerprint density at radius 1 is 0.906 bits per heavy atom. The third kappa shape index (κ3) is 4.82. The number of benzene rings is 2. The first-order valence-corrected chi connectivity index (χ1v) is 15.1. The molecule has 32 heavy (non-hydrogen) atoms. The van der Waals surface area contributed by atoms with E-state index < -0.39 is 22.4 Å². The van der Waals surface area contributed by atoms with E-state index in [-0.39, 0.29) is 10.3 Å². The van der Waals surface area contributed by atoms with E-state index in [4.69, 9.17) is 0 Å². The molecule has 3 aromatic rings. The molecule has 0 aliphatic carbocycles. The summed E-state index contributed by atoms with van der Waals surface area (Å²) in [6, 6.07) is 9.75. The fourth-order valence-corrected chi connectivity index (χ4v) is 7.55. The van der Waals surface area contributed by atoms with Gasteiger partial charge in [0.1, 0.15) is 12.7 Å². The second kappa shape index (κ2) is 8.07. The highest BCUT2D eigenvalue weighted by atomic mass is 32.2. The van der Waals surface area contributed by atoms with E-state index in [0.29, 0.717) is 23.0 Å². The highest BCUT2D eigenvalue weighted by Crippen LogP contribution is 2.43. The lowest BCUT2D eigenvalue weighted by Crippen LogP contribution is -2.30. The van der Waals surface area contributed by atoms with E-state index in [2.05, 4.69) is 36.8 Å². The van der Waals surface area contributed by atoms with Gasteiger partial charge in [0.05, 0.1) is 10.4 Å². The van der Waals surface area contributed by atoms with E-state index in [1.807, 2.05) is 51.4 Å². The Bertz CT molecular complexity index is 1330. The average molecular weight is 473 g/mol. The minimum Gasteiger partial charge on any atom is -0.319 e. The van der Waals surface area contributed by atoms with Crippen molar-refractivity contribution in [3.63, 3.8) is 0 Å². The van der Waals surface area contributed by atoms with E-state index in [1.165, 1.54) is 12.5 Å². The number of aromatic nitrogens is 2. The molecular formula is C25H33N2O3PS. The lowest BCUT2D eigenvalue weighted by Gasteiger charge is -2.32. The van der Waals surface area contributed by atoms with Crippen molar-refractivity contribution in [3.05, 3.63) is 59.4 Å². The molecule has 172 valence electrons. The zero-order valence-electron chi connectivity index (χ0n) is 20.2. The summed E-state index contributed by atoms with van der Waals surface area (Å²) in [5.41, 5.74) is 3.00. The zero-order chi connectivity index (χ0) is 24.1. The van der Waals surface area contributed by atoms with Gasteiger partial charge in [0.15, 0.2) is 9.84 Å². The Labute approximate surface area is 192 Å². The summed E-state index contributed by atoms with van der Waals surface area (Å²) in [6.07, 6.45) is 4.84. The summed E-state index contributed by atoms with van der Waals surface area (Å²) < 4.78 is 39.1. The maximum Gasteiger partial charge on any atom is 0.178 e. The number of fused-ring (bicyclic) bond motifs is 1. The van der Waals surface area contributed by atoms with Gasteiger partial charge in [-0.15, -0.1) is 0 Å². The molecule has 1 aromatic heterocycles. The number of hydrogen-bond acceptors (Lipinski definition) is 5. The van der Waals surface area contributed by atoms with Crippen molar-refractivity contribution >= 4 is 33.3 Å². The third-order valence-corrected chi connectivity index (χ3v) is 8.55. The van der Waals surface area contributed by atoms with E-state index >= 15 is 0 Å². The zero-order valence-corrected chi connectivity index (χ0v) is 21.9. The summed E-state index contributed by atoms with van der Waals surface area (Å²) >= 11 is 0. The van der Waals surface area contributed by atoms with Crippen LogP contribution in [0.1, 0.15) is 51.3 Å². The molecular weight excluding hydrogens is 439 g/mol. The number of hydrogen-bond donors (Lipinski definition) is 0. The largest absolute Gasteiger partial charge is 0.319 e. The van der Waals surface area contributed by atoms with Crippen molar-refractivity contribution in [1.82, 2.24) is 9.97 Å². The molecule has 2 aromatic carbocycles. The summed E-state index contributed by atoms with van der Waals surface area (Å²) in [5, 5.41) is 0.905. The van der Waals surface area contributed by atoms with Crippen LogP contribution in [0.3, 0.4) is 0 Å². The summed E-state index contributed by atoms with van der Waals surface area (Å²) in [6.45, 7) is 14.1. The minimum absolute atomic E-state index is 0.159. The molecule has 0 unspecified atom stereocenters. The quantitative estimate of drug-likeness (QED) is 0.483. The fourth-order valence-electron chi connectivity index (χ4n) is 4.47. The second-order valence-corrected chi connectivity index (χ2v) is 15.7. The van der Waals surface area contributed by atoms with Gasteiger partial charge in [-0.25, -0.2) is 8.42 Å². The monoisotopic (exact) mass is 472 g/mol. The van der Waals surface area contributed by atoms with Gasteiger partial charge in [-0.2, -0.15) is 0 Å². The van der Waals surface area contributed by atoms with E-state index in [1.54, 1.807) is 6.20 Å².